The molecule has 1 nitrogen and oxygen atoms in total. The van der Waals surface area contributed by atoms with Crippen LogP contribution < -0.4 is 0 Å². The predicted octanol–water partition coefficient (Wildman–Crippen LogP) is 6.21. The van der Waals surface area contributed by atoms with Gasteiger partial charge in [0, 0.05) is 12.0 Å². The Labute approximate surface area is 126 Å². The van der Waals surface area contributed by atoms with E-state index in [9.17, 15) is 4.79 Å². The van der Waals surface area contributed by atoms with Gasteiger partial charge in [-0.3, -0.25) is 4.79 Å². The fraction of sp³-hybridized carbons (Fsp3) is 0.421. The van der Waals surface area contributed by atoms with Crippen molar-refractivity contribution in [2.24, 2.45) is 0 Å². The molecule has 0 atom stereocenters. The molecule has 0 fully saturated rings. The first-order chi connectivity index (χ1) is 9.69. The molecule has 0 bridgehead atoms. The van der Waals surface area contributed by atoms with E-state index < -0.39 is 0 Å². The summed E-state index contributed by atoms with van der Waals surface area (Å²) < 4.78 is 0. The van der Waals surface area contributed by atoms with Gasteiger partial charge in [-0.05, 0) is 26.3 Å². The van der Waals surface area contributed by atoms with Crippen molar-refractivity contribution in [2.45, 2.75) is 54.9 Å². The highest BCUT2D eigenvalue weighted by atomic mass is 16.1. The molecular weight excluding hydrogens is 244 g/mol. The van der Waals surface area contributed by atoms with E-state index in [1.807, 2.05) is 78.8 Å². The van der Waals surface area contributed by atoms with E-state index in [0.29, 0.717) is 12.0 Å². The summed E-state index contributed by atoms with van der Waals surface area (Å²) >= 11 is 0. The maximum Gasteiger partial charge on any atom is 0.167 e. The van der Waals surface area contributed by atoms with Gasteiger partial charge >= 0.3 is 0 Å². The number of allylic oxidation sites excluding steroid dienone is 9. The van der Waals surface area contributed by atoms with E-state index in [0.717, 1.165) is 5.57 Å². The SMILES string of the molecule is C=C/C=C(\C=C/C)C(=O)CC(/C=C\C)=C/C.CC.CC. The van der Waals surface area contributed by atoms with Crippen molar-refractivity contribution in [3.05, 3.63) is 60.3 Å². The lowest BCUT2D eigenvalue weighted by molar-refractivity contribution is -0.114. The molecule has 114 valence electrons. The smallest absolute Gasteiger partial charge is 0.167 e. The third kappa shape index (κ3) is 12.8. The zero-order chi connectivity index (χ0) is 16.4. The zero-order valence-electron chi connectivity index (χ0n) is 14.4. The molecule has 0 aromatic heterocycles. The lowest BCUT2D eigenvalue weighted by atomic mass is 10.0. The van der Waals surface area contributed by atoms with Crippen molar-refractivity contribution in [2.75, 3.05) is 0 Å². The molecule has 0 aliphatic heterocycles. The Hall–Kier alpha value is -1.63. The van der Waals surface area contributed by atoms with Crippen molar-refractivity contribution in [3.63, 3.8) is 0 Å². The van der Waals surface area contributed by atoms with E-state index in [1.54, 1.807) is 12.2 Å². The molecule has 0 N–H and O–H groups in total. The maximum atomic E-state index is 11.9. The van der Waals surface area contributed by atoms with Crippen molar-refractivity contribution >= 4 is 5.78 Å². The average Bonchev–Trinajstić information content (AvgIpc) is 2.50. The van der Waals surface area contributed by atoms with Crippen molar-refractivity contribution in [3.8, 4) is 0 Å². The number of rotatable bonds is 6. The Morgan fingerprint density at radius 3 is 1.80 bits per heavy atom. The molecule has 0 radical (unpaired) electrons. The van der Waals surface area contributed by atoms with Crippen LogP contribution >= 0.6 is 0 Å². The van der Waals surface area contributed by atoms with Gasteiger partial charge in [0.05, 0.1) is 0 Å². The highest BCUT2D eigenvalue weighted by molar-refractivity contribution is 5.99. The fourth-order valence-corrected chi connectivity index (χ4v) is 1.31. The molecule has 0 heterocycles. The van der Waals surface area contributed by atoms with Gasteiger partial charge in [-0.25, -0.2) is 0 Å². The molecular formula is C19H32O. The van der Waals surface area contributed by atoms with Crippen LogP contribution in [0.3, 0.4) is 0 Å². The molecule has 0 spiro atoms. The van der Waals surface area contributed by atoms with Gasteiger partial charge < -0.3 is 0 Å². The minimum atomic E-state index is 0.115. The lowest BCUT2D eigenvalue weighted by Crippen LogP contribution is -2.01. The molecule has 0 unspecified atom stereocenters. The van der Waals surface area contributed by atoms with Gasteiger partial charge in [0.15, 0.2) is 5.78 Å². The molecule has 0 saturated carbocycles. The van der Waals surface area contributed by atoms with E-state index >= 15 is 0 Å². The zero-order valence-corrected chi connectivity index (χ0v) is 14.4. The van der Waals surface area contributed by atoms with Gasteiger partial charge in [-0.1, -0.05) is 76.8 Å². The largest absolute Gasteiger partial charge is 0.294 e. The molecule has 0 saturated heterocycles. The first-order valence-corrected chi connectivity index (χ1v) is 7.46. The van der Waals surface area contributed by atoms with Gasteiger partial charge in [-0.2, -0.15) is 0 Å². The van der Waals surface area contributed by atoms with Crippen LogP contribution in [0.15, 0.2) is 60.3 Å². The second kappa shape index (κ2) is 19.7. The van der Waals surface area contributed by atoms with E-state index in [2.05, 4.69) is 6.58 Å². The number of carbonyl (C=O) groups is 1. The molecule has 0 aromatic rings. The second-order valence-corrected chi connectivity index (χ2v) is 3.32. The topological polar surface area (TPSA) is 17.1 Å². The summed E-state index contributed by atoms with van der Waals surface area (Å²) in [6.07, 6.45) is 13.3. The highest BCUT2D eigenvalue weighted by Crippen LogP contribution is 2.11. The summed E-state index contributed by atoms with van der Waals surface area (Å²) in [7, 11) is 0. The quantitative estimate of drug-likeness (QED) is 0.416. The molecule has 1 heteroatoms. The van der Waals surface area contributed by atoms with Crippen LogP contribution in [0.2, 0.25) is 0 Å². The molecule has 0 aromatic carbocycles. The van der Waals surface area contributed by atoms with Gasteiger partial charge in [-0.15, -0.1) is 0 Å². The van der Waals surface area contributed by atoms with Crippen molar-refractivity contribution < 1.29 is 4.79 Å². The highest BCUT2D eigenvalue weighted by Gasteiger charge is 2.06. The number of hydrogen-bond acceptors (Lipinski definition) is 1. The van der Waals surface area contributed by atoms with E-state index in [4.69, 9.17) is 0 Å². The first-order valence-electron chi connectivity index (χ1n) is 7.46. The number of hydrogen-bond donors (Lipinski definition) is 0. The third-order valence-electron chi connectivity index (χ3n) is 2.08. The number of ketones is 1. The van der Waals surface area contributed by atoms with Gasteiger partial charge in [0.25, 0.3) is 0 Å². The van der Waals surface area contributed by atoms with Crippen molar-refractivity contribution in [1.82, 2.24) is 0 Å². The molecule has 0 amide bonds. The van der Waals surface area contributed by atoms with E-state index in [1.165, 1.54) is 0 Å². The van der Waals surface area contributed by atoms with Gasteiger partial charge in [0.1, 0.15) is 0 Å². The summed E-state index contributed by atoms with van der Waals surface area (Å²) in [6.45, 7) is 17.4. The van der Waals surface area contributed by atoms with Crippen LogP contribution in [0.25, 0.3) is 0 Å². The monoisotopic (exact) mass is 276 g/mol. The molecule has 0 rings (SSSR count). The summed E-state index contributed by atoms with van der Waals surface area (Å²) in [5.74, 6) is 0.115. The summed E-state index contributed by atoms with van der Waals surface area (Å²) in [5.41, 5.74) is 1.73. The van der Waals surface area contributed by atoms with Gasteiger partial charge in [0.2, 0.25) is 0 Å². The van der Waals surface area contributed by atoms with E-state index in [-0.39, 0.29) is 5.78 Å². The van der Waals surface area contributed by atoms with Crippen molar-refractivity contribution in [1.29, 1.82) is 0 Å². The Bertz CT molecular complexity index is 352. The normalized spacial score (nSPS) is 11.6. The second-order valence-electron chi connectivity index (χ2n) is 3.32. The van der Waals surface area contributed by atoms with Crippen LogP contribution in [0.5, 0.6) is 0 Å². The third-order valence-corrected chi connectivity index (χ3v) is 2.08. The lowest BCUT2D eigenvalue weighted by Gasteiger charge is -2.02. The maximum absolute atomic E-state index is 11.9. The standard InChI is InChI=1S/C15H20O.2C2H6/c1-5-9-13(8-4)12-15(16)14(10-6-2)11-7-3;2*1-2/h5-11H,2,12H2,1,3-4H3;2*1-2H3/b9-5-,11-7-,13-8+,14-10+;;. The fourth-order valence-electron chi connectivity index (χ4n) is 1.31. The summed E-state index contributed by atoms with van der Waals surface area (Å²) in [5, 5.41) is 0. The Kier molecular flexibility index (Phi) is 23.1. The predicted molar refractivity (Wildman–Crippen MR) is 94.0 cm³/mol. The Balaban J connectivity index is -0.000000656. The number of Topliss-reactive ketones (excluding diaryl/α,β-unsaturated/α-hetero) is 1. The minimum absolute atomic E-state index is 0.115. The average molecular weight is 276 g/mol. The number of carbonyl (C=O) groups excluding carboxylic acids is 1. The van der Waals surface area contributed by atoms with Crippen LogP contribution in [-0.2, 0) is 4.79 Å². The first kappa shape index (κ1) is 23.5. The van der Waals surface area contributed by atoms with Crippen LogP contribution in [0.4, 0.5) is 0 Å². The Morgan fingerprint density at radius 2 is 1.45 bits per heavy atom. The summed E-state index contributed by atoms with van der Waals surface area (Å²) in [6, 6.07) is 0. The minimum Gasteiger partial charge on any atom is -0.294 e. The molecule has 0 aliphatic carbocycles. The van der Waals surface area contributed by atoms with Crippen LogP contribution in [0, 0.1) is 0 Å². The molecule has 0 aliphatic rings. The van der Waals surface area contributed by atoms with Crippen LogP contribution in [-0.4, -0.2) is 5.78 Å². The Morgan fingerprint density at radius 1 is 0.950 bits per heavy atom. The molecule has 20 heavy (non-hydrogen) atoms. The summed E-state index contributed by atoms with van der Waals surface area (Å²) in [4.78, 5) is 11.9. The van der Waals surface area contributed by atoms with Crippen LogP contribution in [0.1, 0.15) is 54.9 Å².